The lowest BCUT2D eigenvalue weighted by Gasteiger charge is -2.14. The summed E-state index contributed by atoms with van der Waals surface area (Å²) in [6, 6.07) is 6.01. The molecule has 94 valence electrons. The number of ketones is 1. The number of benzene rings is 1. The average Bonchev–Trinajstić information content (AvgIpc) is 3.16. The van der Waals surface area contributed by atoms with Gasteiger partial charge in [0.25, 0.3) is 0 Å². The Hall–Kier alpha value is -1.16. The van der Waals surface area contributed by atoms with Gasteiger partial charge in [0.15, 0.2) is 6.29 Å². The van der Waals surface area contributed by atoms with E-state index in [2.05, 4.69) is 27.3 Å². The number of halogens is 1. The molecule has 1 aliphatic heterocycles. The maximum absolute atomic E-state index is 11.6. The predicted octanol–water partition coefficient (Wildman–Crippen LogP) is 2.81. The molecule has 3 nitrogen and oxygen atoms in total. The molecular formula is C14H14BrNO2. The van der Waals surface area contributed by atoms with Crippen LogP contribution >= 0.6 is 15.9 Å². The number of hydrogen-bond donors (Lipinski definition) is 1. The normalized spacial score (nSPS) is 23.1. The quantitative estimate of drug-likeness (QED) is 0.528. The number of anilines is 1. The van der Waals surface area contributed by atoms with Gasteiger partial charge in [-0.1, -0.05) is 34.1 Å². The molecule has 0 aromatic heterocycles. The zero-order valence-corrected chi connectivity index (χ0v) is 11.4. The first kappa shape index (κ1) is 11.9. The second-order valence-corrected chi connectivity index (χ2v) is 5.99. The van der Waals surface area contributed by atoms with Crippen LogP contribution in [0.15, 0.2) is 18.2 Å². The minimum absolute atomic E-state index is 0.309. The molecule has 1 fully saturated rings. The van der Waals surface area contributed by atoms with Crippen molar-refractivity contribution in [3.8, 4) is 0 Å². The van der Waals surface area contributed by atoms with Crippen molar-refractivity contribution in [1.82, 2.24) is 0 Å². The van der Waals surface area contributed by atoms with Gasteiger partial charge in [-0.15, -0.1) is 0 Å². The highest BCUT2D eigenvalue weighted by Crippen LogP contribution is 2.50. The first-order chi connectivity index (χ1) is 8.72. The molecule has 0 amide bonds. The summed E-state index contributed by atoms with van der Waals surface area (Å²) in [5.41, 5.74) is 3.23. The van der Waals surface area contributed by atoms with Crippen LogP contribution in [0.3, 0.4) is 0 Å². The first-order valence-corrected chi connectivity index (χ1v) is 7.13. The number of para-hydroxylation sites is 1. The van der Waals surface area contributed by atoms with Crippen LogP contribution in [0, 0.1) is 5.92 Å². The Kier molecular flexibility index (Phi) is 2.98. The number of carbonyl (C=O) groups excluding carboxylic acids is 2. The van der Waals surface area contributed by atoms with Crippen LogP contribution in [-0.4, -0.2) is 18.6 Å². The Morgan fingerprint density at radius 3 is 2.89 bits per heavy atom. The molecule has 0 bridgehead atoms. The zero-order chi connectivity index (χ0) is 12.7. The maximum Gasteiger partial charge on any atom is 0.204 e. The maximum atomic E-state index is 11.6. The van der Waals surface area contributed by atoms with Crippen LogP contribution < -0.4 is 5.32 Å². The number of nitrogens with one attached hydrogen (secondary N) is 1. The molecule has 1 N–H and O–H groups in total. The largest absolute Gasteiger partial charge is 0.383 e. The summed E-state index contributed by atoms with van der Waals surface area (Å²) in [5, 5.41) is 3.29. The van der Waals surface area contributed by atoms with E-state index in [1.807, 2.05) is 12.1 Å². The van der Waals surface area contributed by atoms with Gasteiger partial charge in [0.1, 0.15) is 0 Å². The summed E-state index contributed by atoms with van der Waals surface area (Å²) in [4.78, 5) is 22.6. The molecule has 0 spiro atoms. The van der Waals surface area contributed by atoms with Gasteiger partial charge in [-0.2, -0.15) is 0 Å². The average molecular weight is 308 g/mol. The molecule has 1 aromatic rings. The molecule has 1 aliphatic carbocycles. The van der Waals surface area contributed by atoms with E-state index in [9.17, 15) is 9.59 Å². The Labute approximate surface area is 114 Å². The summed E-state index contributed by atoms with van der Waals surface area (Å²) in [7, 11) is 0. The molecule has 18 heavy (non-hydrogen) atoms. The third-order valence-corrected chi connectivity index (χ3v) is 5.02. The molecule has 0 saturated heterocycles. The van der Waals surface area contributed by atoms with E-state index in [4.69, 9.17) is 0 Å². The summed E-state index contributed by atoms with van der Waals surface area (Å²) in [6.45, 7) is 0.536. The molecule has 4 heteroatoms. The molecule has 1 aromatic carbocycles. The van der Waals surface area contributed by atoms with Crippen molar-refractivity contribution in [3.63, 3.8) is 0 Å². The van der Waals surface area contributed by atoms with Gasteiger partial charge in [0.2, 0.25) is 5.78 Å². The van der Waals surface area contributed by atoms with Crippen molar-refractivity contribution in [2.24, 2.45) is 5.92 Å². The van der Waals surface area contributed by atoms with Crippen molar-refractivity contribution >= 4 is 33.7 Å². The van der Waals surface area contributed by atoms with Gasteiger partial charge >= 0.3 is 0 Å². The van der Waals surface area contributed by atoms with E-state index < -0.39 is 0 Å². The number of alkyl halides is 1. The first-order valence-electron chi connectivity index (χ1n) is 6.22. The lowest BCUT2D eigenvalue weighted by atomic mass is 9.94. The Balaban J connectivity index is 1.98. The van der Waals surface area contributed by atoms with E-state index in [1.54, 1.807) is 0 Å². The van der Waals surface area contributed by atoms with E-state index in [0.717, 1.165) is 11.3 Å². The predicted molar refractivity (Wildman–Crippen MR) is 73.1 cm³/mol. The molecule has 2 atom stereocenters. The fourth-order valence-electron chi connectivity index (χ4n) is 2.61. The molecule has 1 heterocycles. The number of Topliss-reactive ketones (excluding diaryl/α,β-unsaturated/α-hetero) is 1. The standard InChI is InChI=1S/C14H14BrNO2/c15-13(8-4-5-8)10-3-1-2-9-11(12(18)7-17)6-16-14(9)10/h1-3,7-8,11,13,16H,4-6H2. The Morgan fingerprint density at radius 2 is 2.22 bits per heavy atom. The molecule has 2 unspecified atom stereocenters. The van der Waals surface area contributed by atoms with Gasteiger partial charge in [-0.25, -0.2) is 0 Å². The van der Waals surface area contributed by atoms with E-state index in [0.29, 0.717) is 23.6 Å². The molecule has 1 saturated carbocycles. The topological polar surface area (TPSA) is 46.2 Å². The van der Waals surface area contributed by atoms with Crippen LogP contribution in [0.2, 0.25) is 0 Å². The second-order valence-electron chi connectivity index (χ2n) is 5.00. The fourth-order valence-corrected chi connectivity index (χ4v) is 3.52. The van der Waals surface area contributed by atoms with Gasteiger partial charge < -0.3 is 5.32 Å². The van der Waals surface area contributed by atoms with Crippen LogP contribution in [0.4, 0.5) is 5.69 Å². The molecular weight excluding hydrogens is 294 g/mol. The lowest BCUT2D eigenvalue weighted by Crippen LogP contribution is -2.15. The van der Waals surface area contributed by atoms with E-state index in [-0.39, 0.29) is 11.7 Å². The van der Waals surface area contributed by atoms with Crippen molar-refractivity contribution < 1.29 is 9.59 Å². The number of hydrogen-bond acceptors (Lipinski definition) is 3. The summed E-state index contributed by atoms with van der Waals surface area (Å²) in [5.74, 6) is 0.0615. The SMILES string of the molecule is O=CC(=O)C1CNc2c1cccc2C(Br)C1CC1. The Bertz CT molecular complexity index is 511. The third-order valence-electron chi connectivity index (χ3n) is 3.78. The molecule has 3 rings (SSSR count). The monoisotopic (exact) mass is 307 g/mol. The van der Waals surface area contributed by atoms with E-state index in [1.165, 1.54) is 18.4 Å². The van der Waals surface area contributed by atoms with Crippen LogP contribution in [-0.2, 0) is 9.59 Å². The van der Waals surface area contributed by atoms with Crippen molar-refractivity contribution in [3.05, 3.63) is 29.3 Å². The smallest absolute Gasteiger partial charge is 0.204 e. The number of carbonyl (C=O) groups is 2. The summed E-state index contributed by atoms with van der Waals surface area (Å²) in [6.07, 6.45) is 2.95. The molecule has 2 aliphatic rings. The number of rotatable bonds is 4. The fraction of sp³-hybridized carbons (Fsp3) is 0.429. The summed E-state index contributed by atoms with van der Waals surface area (Å²) >= 11 is 3.75. The number of fused-ring (bicyclic) bond motifs is 1. The number of aldehydes is 1. The summed E-state index contributed by atoms with van der Waals surface area (Å²) < 4.78 is 0. The highest BCUT2D eigenvalue weighted by atomic mass is 79.9. The zero-order valence-electron chi connectivity index (χ0n) is 9.86. The van der Waals surface area contributed by atoms with Gasteiger partial charge in [0.05, 0.1) is 5.92 Å². The Morgan fingerprint density at radius 1 is 1.44 bits per heavy atom. The highest BCUT2D eigenvalue weighted by molar-refractivity contribution is 9.09. The third kappa shape index (κ3) is 1.88. The van der Waals surface area contributed by atoms with Crippen molar-refractivity contribution in [1.29, 1.82) is 0 Å². The van der Waals surface area contributed by atoms with Gasteiger partial charge in [-0.3, -0.25) is 9.59 Å². The van der Waals surface area contributed by atoms with Gasteiger partial charge in [0, 0.05) is 17.1 Å². The molecule has 0 radical (unpaired) electrons. The van der Waals surface area contributed by atoms with E-state index >= 15 is 0 Å². The lowest BCUT2D eigenvalue weighted by molar-refractivity contribution is -0.130. The van der Waals surface area contributed by atoms with Crippen LogP contribution in [0.25, 0.3) is 0 Å². The van der Waals surface area contributed by atoms with Gasteiger partial charge in [-0.05, 0) is 29.9 Å². The minimum Gasteiger partial charge on any atom is -0.383 e. The van der Waals surface area contributed by atoms with Crippen LogP contribution in [0.1, 0.15) is 34.7 Å². The van der Waals surface area contributed by atoms with Crippen LogP contribution in [0.5, 0.6) is 0 Å². The second kappa shape index (κ2) is 4.50. The van der Waals surface area contributed by atoms with Crippen molar-refractivity contribution in [2.45, 2.75) is 23.6 Å². The van der Waals surface area contributed by atoms with Crippen molar-refractivity contribution in [2.75, 3.05) is 11.9 Å². The minimum atomic E-state index is -0.337. The highest BCUT2D eigenvalue weighted by Gasteiger charge is 2.35.